The van der Waals surface area contributed by atoms with E-state index in [0.29, 0.717) is 37.3 Å². The fraction of sp³-hybridized carbons (Fsp3) is 0.0435. The summed E-state index contributed by atoms with van der Waals surface area (Å²) < 4.78 is 6.35. The number of carbonyl (C=O) groups is 1. The first-order chi connectivity index (χ1) is 14.5. The molecule has 1 heterocycles. The van der Waals surface area contributed by atoms with Gasteiger partial charge in [0.2, 0.25) is 0 Å². The van der Waals surface area contributed by atoms with Crippen LogP contribution in [0, 0.1) is 0 Å². The lowest BCUT2D eigenvalue weighted by molar-refractivity contribution is -0.113. The maximum atomic E-state index is 12.9. The molecule has 0 spiro atoms. The first-order valence-corrected chi connectivity index (χ1v) is 11.0. The molecule has 1 saturated heterocycles. The number of rotatable bonds is 5. The average molecular weight is 472 g/mol. The van der Waals surface area contributed by atoms with Crippen LogP contribution in [0.2, 0.25) is 10.0 Å². The standard InChI is InChI=1S/C23H15Cl2NO2S2/c24-17-7-4-8-18(13-17)26-22(27)21(30-23(26)29)12-15-5-3-9-19(11-15)28-14-16-6-1-2-10-20(16)25/h1-13H,14H2/b21-12-. The molecule has 1 aliphatic heterocycles. The van der Waals surface area contributed by atoms with Crippen LogP contribution >= 0.6 is 47.2 Å². The van der Waals surface area contributed by atoms with Crippen LogP contribution in [-0.2, 0) is 11.4 Å². The summed E-state index contributed by atoms with van der Waals surface area (Å²) in [6.07, 6.45) is 1.81. The monoisotopic (exact) mass is 471 g/mol. The van der Waals surface area contributed by atoms with E-state index in [0.717, 1.165) is 11.1 Å². The Bertz CT molecular complexity index is 1160. The summed E-state index contributed by atoms with van der Waals surface area (Å²) in [6, 6.07) is 22.2. The number of nitrogens with zero attached hydrogens (tertiary/aromatic N) is 1. The van der Waals surface area contributed by atoms with E-state index in [1.165, 1.54) is 16.7 Å². The lowest BCUT2D eigenvalue weighted by Gasteiger charge is -2.14. The molecule has 30 heavy (non-hydrogen) atoms. The van der Waals surface area contributed by atoms with Crippen LogP contribution in [0.3, 0.4) is 0 Å². The van der Waals surface area contributed by atoms with Crippen LogP contribution in [0.4, 0.5) is 5.69 Å². The zero-order chi connectivity index (χ0) is 21.1. The van der Waals surface area contributed by atoms with E-state index in [-0.39, 0.29) is 5.91 Å². The Morgan fingerprint density at radius 1 is 1.00 bits per heavy atom. The SMILES string of the molecule is O=C1/C(=C/c2cccc(OCc3ccccc3Cl)c2)SC(=S)N1c1cccc(Cl)c1. The highest BCUT2D eigenvalue weighted by Gasteiger charge is 2.33. The summed E-state index contributed by atoms with van der Waals surface area (Å²) in [5.41, 5.74) is 2.41. The zero-order valence-corrected chi connectivity index (χ0v) is 18.7. The Morgan fingerprint density at radius 2 is 1.80 bits per heavy atom. The number of hydrogen-bond acceptors (Lipinski definition) is 4. The van der Waals surface area contributed by atoms with Gasteiger partial charge in [-0.1, -0.05) is 83.6 Å². The number of carbonyl (C=O) groups excluding carboxylic acids is 1. The second-order valence-electron chi connectivity index (χ2n) is 6.45. The van der Waals surface area contributed by atoms with Gasteiger partial charge in [-0.15, -0.1) is 0 Å². The summed E-state index contributed by atoms with van der Waals surface area (Å²) in [5, 5.41) is 1.22. The van der Waals surface area contributed by atoms with Crippen molar-refractivity contribution in [1.29, 1.82) is 0 Å². The smallest absolute Gasteiger partial charge is 0.270 e. The van der Waals surface area contributed by atoms with Gasteiger partial charge in [0.05, 0.1) is 10.6 Å². The van der Waals surface area contributed by atoms with Gasteiger partial charge in [-0.3, -0.25) is 9.69 Å². The van der Waals surface area contributed by atoms with E-state index in [9.17, 15) is 4.79 Å². The summed E-state index contributed by atoms with van der Waals surface area (Å²) in [5.74, 6) is 0.517. The molecule has 0 atom stereocenters. The summed E-state index contributed by atoms with van der Waals surface area (Å²) >= 11 is 18.9. The molecule has 4 rings (SSSR count). The Hall–Kier alpha value is -2.31. The van der Waals surface area contributed by atoms with Crippen molar-refractivity contribution < 1.29 is 9.53 Å². The summed E-state index contributed by atoms with van der Waals surface area (Å²) in [6.45, 7) is 0.361. The van der Waals surface area contributed by atoms with Crippen LogP contribution in [0.5, 0.6) is 5.75 Å². The number of halogens is 2. The van der Waals surface area contributed by atoms with Gasteiger partial charge >= 0.3 is 0 Å². The van der Waals surface area contributed by atoms with Gasteiger partial charge in [0, 0.05) is 15.6 Å². The molecule has 3 nitrogen and oxygen atoms in total. The predicted molar refractivity (Wildman–Crippen MR) is 129 cm³/mol. The first-order valence-electron chi connectivity index (χ1n) is 9.01. The van der Waals surface area contributed by atoms with Gasteiger partial charge in [0.15, 0.2) is 4.32 Å². The van der Waals surface area contributed by atoms with Crippen molar-refractivity contribution in [3.8, 4) is 5.75 Å². The van der Waals surface area contributed by atoms with Crippen molar-refractivity contribution in [3.63, 3.8) is 0 Å². The van der Waals surface area contributed by atoms with Crippen LogP contribution < -0.4 is 9.64 Å². The van der Waals surface area contributed by atoms with Gasteiger partial charge in [0.1, 0.15) is 12.4 Å². The van der Waals surface area contributed by atoms with Crippen LogP contribution in [0.15, 0.2) is 77.7 Å². The van der Waals surface area contributed by atoms with Gasteiger partial charge in [0.25, 0.3) is 5.91 Å². The van der Waals surface area contributed by atoms with Crippen molar-refractivity contribution in [2.45, 2.75) is 6.61 Å². The van der Waals surface area contributed by atoms with Crippen LogP contribution in [0.1, 0.15) is 11.1 Å². The molecule has 1 aliphatic rings. The van der Waals surface area contributed by atoms with E-state index >= 15 is 0 Å². The molecule has 0 bridgehead atoms. The number of amides is 1. The molecule has 7 heteroatoms. The highest BCUT2D eigenvalue weighted by molar-refractivity contribution is 8.27. The minimum absolute atomic E-state index is 0.172. The quantitative estimate of drug-likeness (QED) is 0.296. The maximum absolute atomic E-state index is 12.9. The van der Waals surface area contributed by atoms with E-state index in [4.69, 9.17) is 40.2 Å². The van der Waals surface area contributed by atoms with Crippen molar-refractivity contribution in [2.24, 2.45) is 0 Å². The minimum atomic E-state index is -0.172. The highest BCUT2D eigenvalue weighted by Crippen LogP contribution is 2.37. The fourth-order valence-corrected chi connectivity index (χ4v) is 4.60. The van der Waals surface area contributed by atoms with Crippen molar-refractivity contribution >= 4 is 69.2 Å². The molecule has 3 aromatic rings. The molecular formula is C23H15Cl2NO2S2. The zero-order valence-electron chi connectivity index (χ0n) is 15.5. The number of anilines is 1. The van der Waals surface area contributed by atoms with E-state index in [1.807, 2.05) is 60.7 Å². The first kappa shape index (κ1) is 20.9. The molecule has 0 saturated carbocycles. The van der Waals surface area contributed by atoms with Gasteiger partial charge in [-0.05, 0) is 48.0 Å². The number of thiocarbonyl (C=S) groups is 1. The third kappa shape index (κ3) is 4.71. The molecule has 0 aliphatic carbocycles. The van der Waals surface area contributed by atoms with Crippen LogP contribution in [0.25, 0.3) is 6.08 Å². The Labute approximate surface area is 194 Å². The second-order valence-corrected chi connectivity index (χ2v) is 8.97. The molecular weight excluding hydrogens is 457 g/mol. The normalized spacial score (nSPS) is 15.1. The molecule has 150 valence electrons. The van der Waals surface area contributed by atoms with E-state index < -0.39 is 0 Å². The Morgan fingerprint density at radius 3 is 2.60 bits per heavy atom. The van der Waals surface area contributed by atoms with Crippen molar-refractivity contribution in [1.82, 2.24) is 0 Å². The van der Waals surface area contributed by atoms with Gasteiger partial charge < -0.3 is 4.74 Å². The second kappa shape index (κ2) is 9.23. The van der Waals surface area contributed by atoms with Crippen LogP contribution in [-0.4, -0.2) is 10.2 Å². The number of thioether (sulfide) groups is 1. The van der Waals surface area contributed by atoms with E-state index in [2.05, 4.69) is 0 Å². The van der Waals surface area contributed by atoms with Gasteiger partial charge in [-0.2, -0.15) is 0 Å². The predicted octanol–water partition coefficient (Wildman–Crippen LogP) is 6.98. The number of hydrogen-bond donors (Lipinski definition) is 0. The molecule has 0 radical (unpaired) electrons. The minimum Gasteiger partial charge on any atom is -0.489 e. The third-order valence-corrected chi connectivity index (χ3v) is 6.27. The van der Waals surface area contributed by atoms with Gasteiger partial charge in [-0.25, -0.2) is 0 Å². The van der Waals surface area contributed by atoms with Crippen molar-refractivity contribution in [3.05, 3.63) is 98.9 Å². The molecule has 0 aromatic heterocycles. The third-order valence-electron chi connectivity index (χ3n) is 4.37. The summed E-state index contributed by atoms with van der Waals surface area (Å²) in [4.78, 5) is 15.0. The Balaban J connectivity index is 1.52. The van der Waals surface area contributed by atoms with Crippen molar-refractivity contribution in [2.75, 3.05) is 4.90 Å². The molecule has 0 N–H and O–H groups in total. The average Bonchev–Trinajstić information content (AvgIpc) is 3.00. The Kier molecular flexibility index (Phi) is 6.44. The highest BCUT2D eigenvalue weighted by atomic mass is 35.5. The fourth-order valence-electron chi connectivity index (χ4n) is 2.93. The molecule has 1 amide bonds. The topological polar surface area (TPSA) is 29.5 Å². The molecule has 1 fully saturated rings. The molecule has 3 aromatic carbocycles. The lowest BCUT2D eigenvalue weighted by Crippen LogP contribution is -2.27. The number of ether oxygens (including phenoxy) is 1. The summed E-state index contributed by atoms with van der Waals surface area (Å²) in [7, 11) is 0. The molecule has 0 unspecified atom stereocenters. The number of benzene rings is 3. The largest absolute Gasteiger partial charge is 0.489 e. The lowest BCUT2D eigenvalue weighted by atomic mass is 10.2. The maximum Gasteiger partial charge on any atom is 0.270 e. The van der Waals surface area contributed by atoms with E-state index in [1.54, 1.807) is 18.2 Å².